The molecule has 2 aliphatic rings. The molecular formula is C18H19FN4O. The lowest BCUT2D eigenvalue weighted by atomic mass is 10.1. The topological polar surface area (TPSA) is 49.3 Å². The minimum Gasteiger partial charge on any atom is -0.352 e. The first-order valence-corrected chi connectivity index (χ1v) is 8.27. The fraction of sp³-hybridized carbons (Fsp3) is 0.389. The van der Waals surface area contributed by atoms with Gasteiger partial charge < -0.3 is 9.80 Å². The number of carbonyl (C=O) groups excluding carboxylic acids is 1. The Morgan fingerprint density at radius 2 is 1.83 bits per heavy atom. The number of piperazine rings is 1. The summed E-state index contributed by atoms with van der Waals surface area (Å²) in [6, 6.07) is 6.52. The number of aromatic nitrogens is 2. The van der Waals surface area contributed by atoms with E-state index >= 15 is 0 Å². The van der Waals surface area contributed by atoms with E-state index in [2.05, 4.69) is 14.9 Å². The molecule has 124 valence electrons. The van der Waals surface area contributed by atoms with E-state index in [1.807, 2.05) is 4.90 Å². The Balaban J connectivity index is 1.33. The Morgan fingerprint density at radius 1 is 1.08 bits per heavy atom. The van der Waals surface area contributed by atoms with E-state index in [0.717, 1.165) is 30.9 Å². The second kappa shape index (κ2) is 6.19. The highest BCUT2D eigenvalue weighted by Crippen LogP contribution is 2.48. The first kappa shape index (κ1) is 15.1. The van der Waals surface area contributed by atoms with Gasteiger partial charge in [0, 0.05) is 44.5 Å². The van der Waals surface area contributed by atoms with Crippen LogP contribution < -0.4 is 4.90 Å². The minimum absolute atomic E-state index is 0.0542. The Kier molecular flexibility index (Phi) is 3.88. The molecule has 0 N–H and O–H groups in total. The predicted octanol–water partition coefficient (Wildman–Crippen LogP) is 2.07. The summed E-state index contributed by atoms with van der Waals surface area (Å²) in [7, 11) is 0. The van der Waals surface area contributed by atoms with Crippen LogP contribution in [0.2, 0.25) is 0 Å². The summed E-state index contributed by atoms with van der Waals surface area (Å²) in [5, 5.41) is 0. The maximum absolute atomic E-state index is 13.0. The van der Waals surface area contributed by atoms with Crippen molar-refractivity contribution in [3.05, 3.63) is 54.2 Å². The van der Waals surface area contributed by atoms with Gasteiger partial charge in [-0.3, -0.25) is 9.78 Å². The van der Waals surface area contributed by atoms with Crippen LogP contribution in [0.25, 0.3) is 0 Å². The molecule has 1 saturated heterocycles. The summed E-state index contributed by atoms with van der Waals surface area (Å²) in [6.07, 6.45) is 5.97. The molecule has 2 aromatic rings. The number of carbonyl (C=O) groups is 1. The van der Waals surface area contributed by atoms with E-state index in [4.69, 9.17) is 0 Å². The molecule has 0 radical (unpaired) electrons. The molecule has 1 aliphatic heterocycles. The number of amides is 1. The quantitative estimate of drug-likeness (QED) is 0.866. The van der Waals surface area contributed by atoms with Crippen LogP contribution in [0, 0.1) is 11.7 Å². The summed E-state index contributed by atoms with van der Waals surface area (Å²) in [5.41, 5.74) is 1.06. The molecule has 0 bridgehead atoms. The van der Waals surface area contributed by atoms with Gasteiger partial charge in [0.05, 0.1) is 6.20 Å². The van der Waals surface area contributed by atoms with Gasteiger partial charge in [0.25, 0.3) is 0 Å². The third-order valence-electron chi connectivity index (χ3n) is 4.87. The molecule has 6 heteroatoms. The number of nitrogens with zero attached hydrogens (tertiary/aromatic N) is 4. The highest BCUT2D eigenvalue weighted by atomic mass is 19.1. The summed E-state index contributed by atoms with van der Waals surface area (Å²) in [6.45, 7) is 2.97. The van der Waals surface area contributed by atoms with Gasteiger partial charge >= 0.3 is 0 Å². The summed E-state index contributed by atoms with van der Waals surface area (Å²) in [5.74, 6) is 1.15. The SMILES string of the molecule is O=C(C1CC1c1ccc(F)cc1)N1CCN(c2cnccn2)CC1. The summed E-state index contributed by atoms with van der Waals surface area (Å²) in [4.78, 5) is 25.2. The van der Waals surface area contributed by atoms with Crippen LogP contribution in [-0.2, 0) is 4.79 Å². The fourth-order valence-electron chi connectivity index (χ4n) is 3.39. The number of hydrogen-bond acceptors (Lipinski definition) is 4. The molecule has 2 heterocycles. The first-order chi connectivity index (χ1) is 11.7. The van der Waals surface area contributed by atoms with Gasteiger partial charge in [-0.2, -0.15) is 0 Å². The van der Waals surface area contributed by atoms with E-state index in [9.17, 15) is 9.18 Å². The van der Waals surface area contributed by atoms with E-state index in [1.54, 1.807) is 30.7 Å². The van der Waals surface area contributed by atoms with Crippen LogP contribution in [0.5, 0.6) is 0 Å². The van der Waals surface area contributed by atoms with Gasteiger partial charge in [-0.25, -0.2) is 9.37 Å². The average Bonchev–Trinajstić information content (AvgIpc) is 3.43. The first-order valence-electron chi connectivity index (χ1n) is 8.27. The van der Waals surface area contributed by atoms with Crippen molar-refractivity contribution in [3.63, 3.8) is 0 Å². The number of halogens is 1. The zero-order chi connectivity index (χ0) is 16.5. The molecule has 1 aromatic carbocycles. The summed E-state index contributed by atoms with van der Waals surface area (Å²) < 4.78 is 13.0. The van der Waals surface area contributed by atoms with Crippen molar-refractivity contribution in [1.82, 2.24) is 14.9 Å². The Morgan fingerprint density at radius 3 is 2.50 bits per heavy atom. The standard InChI is InChI=1S/C18H19FN4O/c19-14-3-1-13(2-4-14)15-11-16(15)18(24)23-9-7-22(8-10-23)17-12-20-5-6-21-17/h1-6,12,15-16H,7-11H2. The van der Waals surface area contributed by atoms with E-state index in [1.165, 1.54) is 12.1 Å². The molecule has 0 spiro atoms. The van der Waals surface area contributed by atoms with Crippen molar-refractivity contribution in [2.75, 3.05) is 31.1 Å². The van der Waals surface area contributed by atoms with Crippen molar-refractivity contribution in [2.45, 2.75) is 12.3 Å². The van der Waals surface area contributed by atoms with Gasteiger partial charge in [0.1, 0.15) is 11.6 Å². The minimum atomic E-state index is -0.234. The maximum Gasteiger partial charge on any atom is 0.226 e. The highest BCUT2D eigenvalue weighted by Gasteiger charge is 2.46. The molecule has 2 atom stereocenters. The Bertz CT molecular complexity index is 714. The van der Waals surface area contributed by atoms with E-state index in [0.29, 0.717) is 13.1 Å². The monoisotopic (exact) mass is 326 g/mol. The molecule has 1 saturated carbocycles. The highest BCUT2D eigenvalue weighted by molar-refractivity contribution is 5.83. The average molecular weight is 326 g/mol. The predicted molar refractivity (Wildman–Crippen MR) is 88.1 cm³/mol. The van der Waals surface area contributed by atoms with E-state index in [-0.39, 0.29) is 23.6 Å². The zero-order valence-corrected chi connectivity index (χ0v) is 13.3. The number of rotatable bonds is 3. The van der Waals surface area contributed by atoms with Gasteiger partial charge in [-0.1, -0.05) is 12.1 Å². The zero-order valence-electron chi connectivity index (χ0n) is 13.3. The second-order valence-electron chi connectivity index (χ2n) is 6.38. The fourth-order valence-corrected chi connectivity index (χ4v) is 3.39. The second-order valence-corrected chi connectivity index (χ2v) is 6.38. The van der Waals surface area contributed by atoms with Crippen LogP contribution in [0.1, 0.15) is 17.9 Å². The van der Waals surface area contributed by atoms with Gasteiger partial charge in [-0.15, -0.1) is 0 Å². The van der Waals surface area contributed by atoms with Gasteiger partial charge in [0.2, 0.25) is 5.91 Å². The van der Waals surface area contributed by atoms with Gasteiger partial charge in [0.15, 0.2) is 0 Å². The molecule has 1 aromatic heterocycles. The molecule has 4 rings (SSSR count). The number of anilines is 1. The molecule has 2 fully saturated rings. The smallest absolute Gasteiger partial charge is 0.226 e. The third kappa shape index (κ3) is 2.96. The van der Waals surface area contributed by atoms with Crippen molar-refractivity contribution in [2.24, 2.45) is 5.92 Å². The summed E-state index contributed by atoms with van der Waals surface area (Å²) >= 11 is 0. The van der Waals surface area contributed by atoms with Gasteiger partial charge in [-0.05, 0) is 30.0 Å². The van der Waals surface area contributed by atoms with Crippen molar-refractivity contribution in [3.8, 4) is 0 Å². The molecule has 24 heavy (non-hydrogen) atoms. The lowest BCUT2D eigenvalue weighted by Crippen LogP contribution is -2.49. The van der Waals surface area contributed by atoms with Crippen molar-refractivity contribution >= 4 is 11.7 Å². The van der Waals surface area contributed by atoms with Crippen LogP contribution in [0.3, 0.4) is 0 Å². The Labute approximate surface area is 140 Å². The lowest BCUT2D eigenvalue weighted by Gasteiger charge is -2.35. The molecule has 1 amide bonds. The Hall–Kier alpha value is -2.50. The molecule has 1 aliphatic carbocycles. The van der Waals surface area contributed by atoms with Crippen LogP contribution >= 0.6 is 0 Å². The van der Waals surface area contributed by atoms with E-state index < -0.39 is 0 Å². The molecular weight excluding hydrogens is 307 g/mol. The number of hydrogen-bond donors (Lipinski definition) is 0. The maximum atomic E-state index is 13.0. The van der Waals surface area contributed by atoms with Crippen LogP contribution in [0.4, 0.5) is 10.2 Å². The normalized spacial score (nSPS) is 23.2. The van der Waals surface area contributed by atoms with Crippen LogP contribution in [0.15, 0.2) is 42.9 Å². The molecule has 2 unspecified atom stereocenters. The third-order valence-corrected chi connectivity index (χ3v) is 4.87. The number of benzene rings is 1. The van der Waals surface area contributed by atoms with Crippen molar-refractivity contribution in [1.29, 1.82) is 0 Å². The lowest BCUT2D eigenvalue weighted by molar-refractivity contribution is -0.133. The van der Waals surface area contributed by atoms with Crippen molar-refractivity contribution < 1.29 is 9.18 Å². The largest absolute Gasteiger partial charge is 0.352 e. The molecule has 5 nitrogen and oxygen atoms in total. The van der Waals surface area contributed by atoms with Crippen LogP contribution in [-0.4, -0.2) is 47.0 Å².